The number of rotatable bonds is 3. The molecule has 1 amide bonds. The molecule has 98 valence electrons. The molecule has 2 N–H and O–H groups in total. The number of anilines is 1. The maximum atomic E-state index is 12.1. The Hall–Kier alpha value is -2.25. The van der Waals surface area contributed by atoms with Gasteiger partial charge in [-0.15, -0.1) is 13.2 Å². The van der Waals surface area contributed by atoms with Crippen LogP contribution in [0.2, 0.25) is 0 Å². The molecule has 1 aromatic carbocycles. The molecular formula is C10H8F3NO4. The molecule has 0 aromatic heterocycles. The van der Waals surface area contributed by atoms with Crippen LogP contribution in [-0.2, 0) is 4.79 Å². The highest BCUT2D eigenvalue weighted by molar-refractivity contribution is 5.93. The van der Waals surface area contributed by atoms with E-state index in [9.17, 15) is 22.8 Å². The smallest absolute Gasteiger partial charge is 0.478 e. The van der Waals surface area contributed by atoms with Crippen molar-refractivity contribution in [1.82, 2.24) is 0 Å². The number of amides is 1. The minimum absolute atomic E-state index is 0.00625. The molecule has 0 heterocycles. The van der Waals surface area contributed by atoms with Gasteiger partial charge >= 0.3 is 12.3 Å². The number of halogens is 3. The minimum atomic E-state index is -5.01. The molecule has 0 aliphatic heterocycles. The van der Waals surface area contributed by atoms with E-state index in [0.29, 0.717) is 0 Å². The number of aromatic carboxylic acids is 1. The van der Waals surface area contributed by atoms with Gasteiger partial charge < -0.3 is 15.2 Å². The minimum Gasteiger partial charge on any atom is -0.478 e. The predicted molar refractivity (Wildman–Crippen MR) is 54.4 cm³/mol. The fourth-order valence-corrected chi connectivity index (χ4v) is 1.19. The third-order valence-electron chi connectivity index (χ3n) is 1.76. The molecule has 8 heteroatoms. The first-order valence-corrected chi connectivity index (χ1v) is 4.60. The van der Waals surface area contributed by atoms with Gasteiger partial charge in [0.05, 0.1) is 0 Å². The molecule has 1 rings (SSSR count). The third-order valence-corrected chi connectivity index (χ3v) is 1.76. The largest absolute Gasteiger partial charge is 0.573 e. The van der Waals surface area contributed by atoms with Crippen LogP contribution < -0.4 is 10.1 Å². The second-order valence-corrected chi connectivity index (χ2v) is 3.25. The van der Waals surface area contributed by atoms with Crippen LogP contribution in [0.3, 0.4) is 0 Å². The van der Waals surface area contributed by atoms with Crippen LogP contribution in [0.25, 0.3) is 0 Å². The van der Waals surface area contributed by atoms with Crippen LogP contribution in [0, 0.1) is 0 Å². The number of ether oxygens (including phenoxy) is 1. The average Bonchev–Trinajstić information content (AvgIpc) is 2.13. The molecule has 1 aromatic rings. The van der Waals surface area contributed by atoms with Gasteiger partial charge in [0.1, 0.15) is 11.3 Å². The molecule has 0 aliphatic rings. The Morgan fingerprint density at radius 1 is 1.33 bits per heavy atom. The molecule has 0 saturated heterocycles. The van der Waals surface area contributed by atoms with Crippen molar-refractivity contribution in [3.05, 3.63) is 23.8 Å². The van der Waals surface area contributed by atoms with Gasteiger partial charge in [-0.2, -0.15) is 0 Å². The monoisotopic (exact) mass is 263 g/mol. The van der Waals surface area contributed by atoms with Crippen molar-refractivity contribution in [1.29, 1.82) is 0 Å². The van der Waals surface area contributed by atoms with Gasteiger partial charge in [-0.05, 0) is 12.1 Å². The number of benzene rings is 1. The zero-order chi connectivity index (χ0) is 13.9. The van der Waals surface area contributed by atoms with E-state index in [0.717, 1.165) is 25.1 Å². The van der Waals surface area contributed by atoms with Crippen molar-refractivity contribution in [3.8, 4) is 5.75 Å². The molecule has 0 bridgehead atoms. The summed E-state index contributed by atoms with van der Waals surface area (Å²) in [6, 6.07) is 2.86. The number of nitrogens with one attached hydrogen (secondary N) is 1. The van der Waals surface area contributed by atoms with Crippen LogP contribution in [0.5, 0.6) is 5.75 Å². The van der Waals surface area contributed by atoms with Gasteiger partial charge in [0, 0.05) is 18.7 Å². The van der Waals surface area contributed by atoms with Crippen molar-refractivity contribution < 1.29 is 32.6 Å². The Balaban J connectivity index is 3.15. The number of carboxylic acids is 1. The van der Waals surface area contributed by atoms with Crippen molar-refractivity contribution in [2.45, 2.75) is 13.3 Å². The molecular weight excluding hydrogens is 255 g/mol. The molecule has 0 fully saturated rings. The van der Waals surface area contributed by atoms with Crippen LogP contribution in [0.15, 0.2) is 18.2 Å². The summed E-state index contributed by atoms with van der Waals surface area (Å²) in [6.45, 7) is 1.16. The van der Waals surface area contributed by atoms with E-state index in [1.807, 2.05) is 0 Å². The van der Waals surface area contributed by atoms with Gasteiger partial charge in [0.2, 0.25) is 5.91 Å². The summed E-state index contributed by atoms with van der Waals surface area (Å²) < 4.78 is 39.8. The summed E-state index contributed by atoms with van der Waals surface area (Å²) in [7, 11) is 0. The Kier molecular flexibility index (Phi) is 3.79. The van der Waals surface area contributed by atoms with Crippen LogP contribution >= 0.6 is 0 Å². The van der Waals surface area contributed by atoms with Crippen molar-refractivity contribution in [3.63, 3.8) is 0 Å². The maximum absolute atomic E-state index is 12.1. The highest BCUT2D eigenvalue weighted by atomic mass is 19.4. The molecule has 5 nitrogen and oxygen atoms in total. The lowest BCUT2D eigenvalue weighted by Gasteiger charge is -2.12. The molecule has 0 aliphatic carbocycles. The van der Waals surface area contributed by atoms with Crippen LogP contribution in [0.4, 0.5) is 18.9 Å². The number of hydrogen-bond acceptors (Lipinski definition) is 3. The van der Waals surface area contributed by atoms with Crippen molar-refractivity contribution in [2.75, 3.05) is 5.32 Å². The van der Waals surface area contributed by atoms with Gasteiger partial charge in [0.15, 0.2) is 0 Å². The zero-order valence-corrected chi connectivity index (χ0v) is 9.04. The number of hydrogen-bond donors (Lipinski definition) is 2. The lowest BCUT2D eigenvalue weighted by Crippen LogP contribution is -2.19. The summed E-state index contributed by atoms with van der Waals surface area (Å²) >= 11 is 0. The van der Waals surface area contributed by atoms with Gasteiger partial charge in [-0.1, -0.05) is 0 Å². The normalized spacial score (nSPS) is 10.9. The van der Waals surface area contributed by atoms with E-state index in [2.05, 4.69) is 10.1 Å². The SMILES string of the molecule is CC(=O)Nc1ccc(C(=O)O)c(OC(F)(F)F)c1. The number of carboxylic acid groups (broad SMARTS) is 1. The number of alkyl halides is 3. The molecule has 0 unspecified atom stereocenters. The lowest BCUT2D eigenvalue weighted by molar-refractivity contribution is -0.274. The van der Waals surface area contributed by atoms with Gasteiger partial charge in [0.25, 0.3) is 0 Å². The summed E-state index contributed by atoms with van der Waals surface area (Å²) in [6.07, 6.45) is -5.01. The maximum Gasteiger partial charge on any atom is 0.573 e. The van der Waals surface area contributed by atoms with E-state index < -0.39 is 29.6 Å². The Labute approximate surface area is 99.2 Å². The Morgan fingerprint density at radius 3 is 2.39 bits per heavy atom. The lowest BCUT2D eigenvalue weighted by atomic mass is 10.2. The van der Waals surface area contributed by atoms with E-state index in [1.165, 1.54) is 0 Å². The third kappa shape index (κ3) is 3.96. The summed E-state index contributed by atoms with van der Waals surface area (Å²) in [4.78, 5) is 21.4. The first kappa shape index (κ1) is 13.8. The topological polar surface area (TPSA) is 75.6 Å². The molecule has 0 atom stereocenters. The molecule has 0 radical (unpaired) electrons. The second-order valence-electron chi connectivity index (χ2n) is 3.25. The van der Waals surface area contributed by atoms with E-state index in [-0.39, 0.29) is 5.69 Å². The van der Waals surface area contributed by atoms with Gasteiger partial charge in [-0.3, -0.25) is 4.79 Å². The zero-order valence-electron chi connectivity index (χ0n) is 9.04. The molecule has 0 spiro atoms. The van der Waals surface area contributed by atoms with Crippen molar-refractivity contribution in [2.24, 2.45) is 0 Å². The van der Waals surface area contributed by atoms with Crippen LogP contribution in [0.1, 0.15) is 17.3 Å². The highest BCUT2D eigenvalue weighted by Crippen LogP contribution is 2.29. The summed E-state index contributed by atoms with van der Waals surface area (Å²) in [5.74, 6) is -2.96. The first-order chi connectivity index (χ1) is 8.19. The molecule has 18 heavy (non-hydrogen) atoms. The Bertz CT molecular complexity index is 485. The Morgan fingerprint density at radius 2 is 1.94 bits per heavy atom. The fourth-order valence-electron chi connectivity index (χ4n) is 1.19. The summed E-state index contributed by atoms with van der Waals surface area (Å²) in [5.41, 5.74) is -0.645. The first-order valence-electron chi connectivity index (χ1n) is 4.60. The fraction of sp³-hybridized carbons (Fsp3) is 0.200. The average molecular weight is 263 g/mol. The quantitative estimate of drug-likeness (QED) is 0.876. The van der Waals surface area contributed by atoms with E-state index in [1.54, 1.807) is 0 Å². The number of carbonyl (C=O) groups excluding carboxylic acids is 1. The van der Waals surface area contributed by atoms with E-state index in [4.69, 9.17) is 5.11 Å². The molecule has 0 saturated carbocycles. The standard InChI is InChI=1S/C10H8F3NO4/c1-5(15)14-6-2-3-7(9(16)17)8(4-6)18-10(11,12)13/h2-4H,1H3,(H,14,15)(H,16,17). The van der Waals surface area contributed by atoms with Gasteiger partial charge in [-0.25, -0.2) is 4.79 Å². The highest BCUT2D eigenvalue weighted by Gasteiger charge is 2.33. The van der Waals surface area contributed by atoms with Crippen LogP contribution in [-0.4, -0.2) is 23.3 Å². The predicted octanol–water partition coefficient (Wildman–Crippen LogP) is 2.24. The van der Waals surface area contributed by atoms with Crippen molar-refractivity contribution >= 4 is 17.6 Å². The van der Waals surface area contributed by atoms with E-state index >= 15 is 0 Å². The second kappa shape index (κ2) is 4.94. The summed E-state index contributed by atoms with van der Waals surface area (Å²) in [5, 5.41) is 10.9. The number of carbonyl (C=O) groups is 2.